The Kier molecular flexibility index (Phi) is 4.85. The Labute approximate surface area is 163 Å². The SMILES string of the molecule is COc1ccc(-c2cc3ccc(OCc4ccccc4C)cc3oc2=O)cc1. The lowest BCUT2D eigenvalue weighted by Gasteiger charge is -2.09. The van der Waals surface area contributed by atoms with Gasteiger partial charge in [-0.25, -0.2) is 4.79 Å². The number of fused-ring (bicyclic) bond motifs is 1. The fourth-order valence-electron chi connectivity index (χ4n) is 3.09. The number of benzene rings is 3. The molecule has 4 aromatic rings. The van der Waals surface area contributed by atoms with Gasteiger partial charge in [0.15, 0.2) is 0 Å². The molecule has 0 aliphatic rings. The monoisotopic (exact) mass is 372 g/mol. The van der Waals surface area contributed by atoms with Crippen molar-refractivity contribution in [2.45, 2.75) is 13.5 Å². The molecule has 4 nitrogen and oxygen atoms in total. The topological polar surface area (TPSA) is 48.7 Å². The number of aryl methyl sites for hydroxylation is 1. The number of hydrogen-bond acceptors (Lipinski definition) is 4. The van der Waals surface area contributed by atoms with Crippen LogP contribution in [0.1, 0.15) is 11.1 Å². The minimum Gasteiger partial charge on any atom is -0.497 e. The number of rotatable bonds is 5. The van der Waals surface area contributed by atoms with Crippen LogP contribution in [0.5, 0.6) is 11.5 Å². The molecule has 4 rings (SSSR count). The molecule has 1 aromatic heterocycles. The normalized spacial score (nSPS) is 10.8. The van der Waals surface area contributed by atoms with E-state index >= 15 is 0 Å². The largest absolute Gasteiger partial charge is 0.497 e. The summed E-state index contributed by atoms with van der Waals surface area (Å²) in [6, 6.07) is 22.8. The molecule has 0 amide bonds. The van der Waals surface area contributed by atoms with E-state index in [1.807, 2.05) is 60.7 Å². The third-order valence-electron chi connectivity index (χ3n) is 4.76. The molecule has 0 spiro atoms. The van der Waals surface area contributed by atoms with Crippen LogP contribution >= 0.6 is 0 Å². The van der Waals surface area contributed by atoms with Crippen LogP contribution in [-0.2, 0) is 6.61 Å². The van der Waals surface area contributed by atoms with E-state index in [0.717, 1.165) is 22.3 Å². The third-order valence-corrected chi connectivity index (χ3v) is 4.76. The summed E-state index contributed by atoms with van der Waals surface area (Å²) in [5.74, 6) is 1.40. The predicted molar refractivity (Wildman–Crippen MR) is 110 cm³/mol. The van der Waals surface area contributed by atoms with Crippen LogP contribution in [0.4, 0.5) is 0 Å². The number of ether oxygens (including phenoxy) is 2. The van der Waals surface area contributed by atoms with E-state index in [4.69, 9.17) is 13.9 Å². The summed E-state index contributed by atoms with van der Waals surface area (Å²) < 4.78 is 16.6. The first-order valence-corrected chi connectivity index (χ1v) is 9.04. The summed E-state index contributed by atoms with van der Waals surface area (Å²) in [4.78, 5) is 12.5. The molecule has 0 aliphatic carbocycles. The quantitative estimate of drug-likeness (QED) is 0.443. The maximum atomic E-state index is 12.5. The molecule has 0 bridgehead atoms. The van der Waals surface area contributed by atoms with Crippen molar-refractivity contribution in [1.82, 2.24) is 0 Å². The van der Waals surface area contributed by atoms with Crippen molar-refractivity contribution in [3.63, 3.8) is 0 Å². The summed E-state index contributed by atoms with van der Waals surface area (Å²) >= 11 is 0. The summed E-state index contributed by atoms with van der Waals surface area (Å²) in [7, 11) is 1.61. The van der Waals surface area contributed by atoms with Gasteiger partial charge in [-0.15, -0.1) is 0 Å². The molecule has 0 fully saturated rings. The highest BCUT2D eigenvalue weighted by molar-refractivity contribution is 5.82. The van der Waals surface area contributed by atoms with Gasteiger partial charge in [0.05, 0.1) is 12.7 Å². The number of hydrogen-bond donors (Lipinski definition) is 0. The highest BCUT2D eigenvalue weighted by Gasteiger charge is 2.09. The first kappa shape index (κ1) is 17.9. The Bertz CT molecular complexity index is 1170. The van der Waals surface area contributed by atoms with Gasteiger partial charge in [0.2, 0.25) is 0 Å². The van der Waals surface area contributed by atoms with E-state index in [1.165, 1.54) is 5.56 Å². The summed E-state index contributed by atoms with van der Waals surface area (Å²) in [6.07, 6.45) is 0. The Balaban J connectivity index is 1.62. The molecule has 0 saturated carbocycles. The highest BCUT2D eigenvalue weighted by Crippen LogP contribution is 2.26. The lowest BCUT2D eigenvalue weighted by atomic mass is 10.1. The fourth-order valence-corrected chi connectivity index (χ4v) is 3.09. The average Bonchev–Trinajstić information content (AvgIpc) is 2.72. The number of methoxy groups -OCH3 is 1. The lowest BCUT2D eigenvalue weighted by molar-refractivity contribution is 0.305. The van der Waals surface area contributed by atoms with Gasteiger partial charge in [-0.1, -0.05) is 36.4 Å². The minimum atomic E-state index is -0.381. The van der Waals surface area contributed by atoms with Crippen LogP contribution in [0.15, 0.2) is 82.0 Å². The van der Waals surface area contributed by atoms with Crippen LogP contribution in [0, 0.1) is 6.92 Å². The van der Waals surface area contributed by atoms with E-state index in [1.54, 1.807) is 13.2 Å². The molecule has 3 aromatic carbocycles. The van der Waals surface area contributed by atoms with Gasteiger partial charge in [0.25, 0.3) is 0 Å². The van der Waals surface area contributed by atoms with E-state index in [-0.39, 0.29) is 5.63 Å². The zero-order chi connectivity index (χ0) is 19.5. The summed E-state index contributed by atoms with van der Waals surface area (Å²) in [6.45, 7) is 2.52. The fraction of sp³-hybridized carbons (Fsp3) is 0.125. The van der Waals surface area contributed by atoms with Crippen molar-refractivity contribution >= 4 is 11.0 Å². The summed E-state index contributed by atoms with van der Waals surface area (Å²) in [5.41, 5.74) is 3.73. The van der Waals surface area contributed by atoms with Crippen LogP contribution in [-0.4, -0.2) is 7.11 Å². The van der Waals surface area contributed by atoms with Crippen molar-refractivity contribution in [3.05, 3.63) is 94.3 Å². The molecular weight excluding hydrogens is 352 g/mol. The van der Waals surface area contributed by atoms with Crippen molar-refractivity contribution < 1.29 is 13.9 Å². The Morgan fingerprint density at radius 3 is 2.39 bits per heavy atom. The van der Waals surface area contributed by atoms with Crippen molar-refractivity contribution in [3.8, 4) is 22.6 Å². The molecular formula is C24H20O4. The van der Waals surface area contributed by atoms with Crippen LogP contribution < -0.4 is 15.1 Å². The van der Waals surface area contributed by atoms with Crippen LogP contribution in [0.2, 0.25) is 0 Å². The molecule has 0 saturated heterocycles. The lowest BCUT2D eigenvalue weighted by Crippen LogP contribution is -2.03. The average molecular weight is 372 g/mol. The van der Waals surface area contributed by atoms with E-state index < -0.39 is 0 Å². The van der Waals surface area contributed by atoms with E-state index in [9.17, 15) is 4.79 Å². The molecule has 1 heterocycles. The second kappa shape index (κ2) is 7.61. The molecule has 0 radical (unpaired) electrons. The van der Waals surface area contributed by atoms with Gasteiger partial charge < -0.3 is 13.9 Å². The third kappa shape index (κ3) is 3.62. The second-order valence-electron chi connectivity index (χ2n) is 6.59. The predicted octanol–water partition coefficient (Wildman–Crippen LogP) is 5.36. The maximum Gasteiger partial charge on any atom is 0.344 e. The van der Waals surface area contributed by atoms with Gasteiger partial charge >= 0.3 is 5.63 Å². The highest BCUT2D eigenvalue weighted by atomic mass is 16.5. The zero-order valence-electron chi connectivity index (χ0n) is 15.8. The van der Waals surface area contributed by atoms with Crippen molar-refractivity contribution in [2.24, 2.45) is 0 Å². The van der Waals surface area contributed by atoms with Gasteiger partial charge in [0.1, 0.15) is 23.7 Å². The zero-order valence-corrected chi connectivity index (χ0v) is 15.8. The van der Waals surface area contributed by atoms with Crippen molar-refractivity contribution in [1.29, 1.82) is 0 Å². The Morgan fingerprint density at radius 1 is 0.893 bits per heavy atom. The Hall–Kier alpha value is -3.53. The summed E-state index contributed by atoms with van der Waals surface area (Å²) in [5, 5.41) is 0.841. The van der Waals surface area contributed by atoms with Crippen LogP contribution in [0.3, 0.4) is 0 Å². The molecule has 4 heteroatoms. The molecule has 0 unspecified atom stereocenters. The van der Waals surface area contributed by atoms with Crippen LogP contribution in [0.25, 0.3) is 22.1 Å². The smallest absolute Gasteiger partial charge is 0.344 e. The molecule has 0 N–H and O–H groups in total. The van der Waals surface area contributed by atoms with Gasteiger partial charge in [-0.05, 0) is 53.9 Å². The van der Waals surface area contributed by atoms with E-state index in [2.05, 4.69) is 13.0 Å². The Morgan fingerprint density at radius 2 is 1.64 bits per heavy atom. The maximum absolute atomic E-state index is 12.5. The molecule has 28 heavy (non-hydrogen) atoms. The molecule has 0 aliphatic heterocycles. The van der Waals surface area contributed by atoms with Gasteiger partial charge in [-0.3, -0.25) is 0 Å². The van der Waals surface area contributed by atoms with E-state index in [0.29, 0.717) is 23.5 Å². The first-order valence-electron chi connectivity index (χ1n) is 9.04. The minimum absolute atomic E-state index is 0.381. The first-order chi connectivity index (χ1) is 13.6. The van der Waals surface area contributed by atoms with Gasteiger partial charge in [-0.2, -0.15) is 0 Å². The molecule has 0 atom stereocenters. The molecule has 140 valence electrons. The second-order valence-corrected chi connectivity index (χ2v) is 6.59. The van der Waals surface area contributed by atoms with Crippen molar-refractivity contribution in [2.75, 3.05) is 7.11 Å². The van der Waals surface area contributed by atoms with Gasteiger partial charge in [0, 0.05) is 11.5 Å². The standard InChI is InChI=1S/C24H20O4/c1-16-5-3-4-6-19(16)15-27-21-12-9-18-13-22(24(25)28-23(18)14-21)17-7-10-20(26-2)11-8-17/h3-14H,15H2,1-2H3.